The van der Waals surface area contributed by atoms with Crippen LogP contribution in [0.5, 0.6) is 0 Å². The molecule has 23 heavy (non-hydrogen) atoms. The highest BCUT2D eigenvalue weighted by Crippen LogP contribution is 2.31. The zero-order valence-electron chi connectivity index (χ0n) is 15.2. The number of benzene rings is 1. The van der Waals surface area contributed by atoms with Gasteiger partial charge in [0.15, 0.2) is 0 Å². The average molecular weight is 313 g/mol. The van der Waals surface area contributed by atoms with Gasteiger partial charge in [-0.1, -0.05) is 12.1 Å². The first kappa shape index (κ1) is 16.5. The Bertz CT molecular complexity index is 663. The lowest BCUT2D eigenvalue weighted by Crippen LogP contribution is -2.43. The second-order valence-electron chi connectivity index (χ2n) is 7.27. The quantitative estimate of drug-likeness (QED) is 0.909. The molecule has 0 unspecified atom stereocenters. The Kier molecular flexibility index (Phi) is 5.08. The molecular weight excluding hydrogens is 282 g/mol. The standard InChI is InChI=1S/C20H31N3/c1-15(2)23-14-18(6-5-11-22-12-9-21-10-13-22)19-16(3)7-8-17(4)20(19)23/h7-8,14-15,21H,5-6,9-13H2,1-4H3. The van der Waals surface area contributed by atoms with Gasteiger partial charge in [-0.05, 0) is 63.8 Å². The molecule has 126 valence electrons. The molecule has 0 aliphatic carbocycles. The van der Waals surface area contributed by atoms with E-state index in [-0.39, 0.29) is 0 Å². The average Bonchev–Trinajstić information content (AvgIpc) is 2.93. The van der Waals surface area contributed by atoms with Crippen molar-refractivity contribution < 1.29 is 0 Å². The largest absolute Gasteiger partial charge is 0.344 e. The minimum absolute atomic E-state index is 0.514. The van der Waals surface area contributed by atoms with Gasteiger partial charge in [-0.2, -0.15) is 0 Å². The predicted octanol–water partition coefficient (Wildman–Crippen LogP) is 3.68. The molecule has 1 aromatic carbocycles. The molecule has 0 saturated carbocycles. The van der Waals surface area contributed by atoms with E-state index in [4.69, 9.17) is 0 Å². The normalized spacial score (nSPS) is 16.6. The first-order valence-corrected chi connectivity index (χ1v) is 9.10. The summed E-state index contributed by atoms with van der Waals surface area (Å²) in [6.45, 7) is 15.0. The summed E-state index contributed by atoms with van der Waals surface area (Å²) < 4.78 is 2.47. The summed E-state index contributed by atoms with van der Waals surface area (Å²) in [6, 6.07) is 5.06. The first-order chi connectivity index (χ1) is 11.1. The van der Waals surface area contributed by atoms with Crippen LogP contribution in [0.2, 0.25) is 0 Å². The molecule has 1 saturated heterocycles. The topological polar surface area (TPSA) is 20.2 Å². The molecule has 1 aliphatic heterocycles. The maximum absolute atomic E-state index is 3.43. The zero-order chi connectivity index (χ0) is 16.4. The van der Waals surface area contributed by atoms with E-state index in [2.05, 4.69) is 60.8 Å². The van der Waals surface area contributed by atoms with Gasteiger partial charge in [0.1, 0.15) is 0 Å². The van der Waals surface area contributed by atoms with E-state index < -0.39 is 0 Å². The minimum atomic E-state index is 0.514. The van der Waals surface area contributed by atoms with Gasteiger partial charge in [-0.3, -0.25) is 0 Å². The molecule has 3 nitrogen and oxygen atoms in total. The van der Waals surface area contributed by atoms with E-state index >= 15 is 0 Å². The summed E-state index contributed by atoms with van der Waals surface area (Å²) in [5, 5.41) is 4.93. The van der Waals surface area contributed by atoms with E-state index in [1.54, 1.807) is 0 Å². The number of aryl methyl sites for hydroxylation is 3. The molecule has 0 spiro atoms. The molecule has 0 atom stereocenters. The smallest absolute Gasteiger partial charge is 0.0517 e. The molecule has 0 amide bonds. The molecule has 1 aromatic heterocycles. The van der Waals surface area contributed by atoms with Gasteiger partial charge < -0.3 is 14.8 Å². The van der Waals surface area contributed by atoms with Crippen molar-refractivity contribution in [1.29, 1.82) is 0 Å². The van der Waals surface area contributed by atoms with Crippen LogP contribution in [0.25, 0.3) is 10.9 Å². The van der Waals surface area contributed by atoms with Gasteiger partial charge in [0.2, 0.25) is 0 Å². The van der Waals surface area contributed by atoms with Crippen LogP contribution in [0.4, 0.5) is 0 Å². The number of aromatic nitrogens is 1. The summed E-state index contributed by atoms with van der Waals surface area (Å²) in [7, 11) is 0. The molecule has 3 rings (SSSR count). The SMILES string of the molecule is Cc1ccc(C)c2c1c(CCCN1CCNCC1)cn2C(C)C. The molecule has 1 N–H and O–H groups in total. The van der Waals surface area contributed by atoms with E-state index in [1.165, 1.54) is 60.1 Å². The van der Waals surface area contributed by atoms with Crippen LogP contribution in [-0.4, -0.2) is 42.2 Å². The van der Waals surface area contributed by atoms with E-state index in [0.29, 0.717) is 6.04 Å². The Labute approximate surface area is 140 Å². The molecule has 3 heteroatoms. The van der Waals surface area contributed by atoms with Gasteiger partial charge >= 0.3 is 0 Å². The Morgan fingerprint density at radius 2 is 1.78 bits per heavy atom. The molecule has 2 heterocycles. The van der Waals surface area contributed by atoms with Crippen molar-refractivity contribution in [3.8, 4) is 0 Å². The van der Waals surface area contributed by atoms with Crippen LogP contribution in [0, 0.1) is 13.8 Å². The van der Waals surface area contributed by atoms with Crippen LogP contribution in [0.15, 0.2) is 18.3 Å². The number of piperazine rings is 1. The second-order valence-corrected chi connectivity index (χ2v) is 7.27. The van der Waals surface area contributed by atoms with Gasteiger partial charge in [-0.25, -0.2) is 0 Å². The number of hydrogen-bond donors (Lipinski definition) is 1. The van der Waals surface area contributed by atoms with Crippen molar-refractivity contribution in [2.45, 2.75) is 46.6 Å². The summed E-state index contributed by atoms with van der Waals surface area (Å²) >= 11 is 0. The van der Waals surface area contributed by atoms with Crippen LogP contribution < -0.4 is 5.32 Å². The Morgan fingerprint density at radius 3 is 2.48 bits per heavy atom. The fourth-order valence-electron chi connectivity index (χ4n) is 3.86. The number of hydrogen-bond acceptors (Lipinski definition) is 2. The molecule has 0 bridgehead atoms. The van der Waals surface area contributed by atoms with Crippen molar-refractivity contribution in [2.24, 2.45) is 0 Å². The highest BCUT2D eigenvalue weighted by Gasteiger charge is 2.15. The maximum Gasteiger partial charge on any atom is 0.0517 e. The summed E-state index contributed by atoms with van der Waals surface area (Å²) in [5.41, 5.74) is 5.79. The molecule has 2 aromatic rings. The third-order valence-corrected chi connectivity index (χ3v) is 5.15. The van der Waals surface area contributed by atoms with Crippen LogP contribution in [0.1, 0.15) is 43.0 Å². The number of fused-ring (bicyclic) bond motifs is 1. The van der Waals surface area contributed by atoms with Crippen molar-refractivity contribution in [3.63, 3.8) is 0 Å². The monoisotopic (exact) mass is 313 g/mol. The predicted molar refractivity (Wildman–Crippen MR) is 99.4 cm³/mol. The first-order valence-electron chi connectivity index (χ1n) is 9.10. The molecule has 1 fully saturated rings. The molecule has 0 radical (unpaired) electrons. The van der Waals surface area contributed by atoms with Gasteiger partial charge in [-0.15, -0.1) is 0 Å². The minimum Gasteiger partial charge on any atom is -0.344 e. The summed E-state index contributed by atoms with van der Waals surface area (Å²) in [4.78, 5) is 2.59. The Hall–Kier alpha value is -1.32. The van der Waals surface area contributed by atoms with Crippen LogP contribution in [-0.2, 0) is 6.42 Å². The number of nitrogens with zero attached hydrogens (tertiary/aromatic N) is 2. The van der Waals surface area contributed by atoms with Gasteiger partial charge in [0, 0.05) is 43.8 Å². The third-order valence-electron chi connectivity index (χ3n) is 5.15. The highest BCUT2D eigenvalue weighted by atomic mass is 15.2. The second kappa shape index (κ2) is 7.06. The Morgan fingerprint density at radius 1 is 1.09 bits per heavy atom. The van der Waals surface area contributed by atoms with E-state index in [0.717, 1.165) is 13.1 Å². The maximum atomic E-state index is 3.43. The van der Waals surface area contributed by atoms with E-state index in [9.17, 15) is 0 Å². The zero-order valence-corrected chi connectivity index (χ0v) is 15.2. The van der Waals surface area contributed by atoms with Crippen molar-refractivity contribution >= 4 is 10.9 Å². The lowest BCUT2D eigenvalue weighted by molar-refractivity contribution is 0.238. The van der Waals surface area contributed by atoms with Crippen LogP contribution >= 0.6 is 0 Å². The fourth-order valence-corrected chi connectivity index (χ4v) is 3.86. The lowest BCUT2D eigenvalue weighted by Gasteiger charge is -2.27. The van der Waals surface area contributed by atoms with Crippen molar-refractivity contribution in [3.05, 3.63) is 35.0 Å². The summed E-state index contributed by atoms with van der Waals surface area (Å²) in [6.07, 6.45) is 4.85. The van der Waals surface area contributed by atoms with Gasteiger partial charge in [0.25, 0.3) is 0 Å². The Balaban J connectivity index is 1.81. The number of rotatable bonds is 5. The summed E-state index contributed by atoms with van der Waals surface area (Å²) in [5.74, 6) is 0. The van der Waals surface area contributed by atoms with Crippen molar-refractivity contribution in [1.82, 2.24) is 14.8 Å². The third kappa shape index (κ3) is 3.46. The van der Waals surface area contributed by atoms with Crippen molar-refractivity contribution in [2.75, 3.05) is 32.7 Å². The fraction of sp³-hybridized carbons (Fsp3) is 0.600. The molecular formula is C20H31N3. The number of nitrogens with one attached hydrogen (secondary N) is 1. The molecule has 1 aliphatic rings. The van der Waals surface area contributed by atoms with E-state index in [1.807, 2.05) is 0 Å². The lowest BCUT2D eigenvalue weighted by atomic mass is 10.0. The highest BCUT2D eigenvalue weighted by molar-refractivity contribution is 5.89. The van der Waals surface area contributed by atoms with Crippen LogP contribution in [0.3, 0.4) is 0 Å². The van der Waals surface area contributed by atoms with Gasteiger partial charge in [0.05, 0.1) is 5.52 Å².